The first-order valence-corrected chi connectivity index (χ1v) is 9.49. The van der Waals surface area contributed by atoms with E-state index in [2.05, 4.69) is 5.32 Å². The average Bonchev–Trinajstić information content (AvgIpc) is 3.28. The molecule has 140 valence electrons. The Bertz CT molecular complexity index is 710. The van der Waals surface area contributed by atoms with Crippen LogP contribution < -0.4 is 14.8 Å². The van der Waals surface area contributed by atoms with E-state index in [0.29, 0.717) is 42.3 Å². The second-order valence-electron chi connectivity index (χ2n) is 5.96. The highest BCUT2D eigenvalue weighted by atomic mass is 32.2. The van der Waals surface area contributed by atoms with Crippen LogP contribution in [-0.4, -0.2) is 65.2 Å². The fourth-order valence-corrected chi connectivity index (χ4v) is 3.57. The molecule has 0 spiro atoms. The molecule has 1 saturated heterocycles. The topological polar surface area (TPSA) is 105 Å². The van der Waals surface area contributed by atoms with Crippen LogP contribution in [0, 0.1) is 0 Å². The number of nitrogens with one attached hydrogen (secondary N) is 1. The summed E-state index contributed by atoms with van der Waals surface area (Å²) in [4.78, 5) is 37.2. The van der Waals surface area contributed by atoms with E-state index in [-0.39, 0.29) is 24.4 Å². The first-order chi connectivity index (χ1) is 12.6. The summed E-state index contributed by atoms with van der Waals surface area (Å²) in [6.45, 7) is 1.04. The lowest BCUT2D eigenvalue weighted by Gasteiger charge is -2.24. The van der Waals surface area contributed by atoms with E-state index in [9.17, 15) is 14.4 Å². The number of fused-ring (bicyclic) bond motifs is 1. The number of hydrogen-bond acceptors (Lipinski definition) is 6. The highest BCUT2D eigenvalue weighted by molar-refractivity contribution is 7.99. The van der Waals surface area contributed by atoms with E-state index in [1.54, 1.807) is 23.1 Å². The van der Waals surface area contributed by atoms with Crippen molar-refractivity contribution in [1.29, 1.82) is 0 Å². The normalized spacial score (nSPS) is 18.0. The third kappa shape index (κ3) is 4.21. The van der Waals surface area contributed by atoms with Gasteiger partial charge in [-0.2, -0.15) is 0 Å². The van der Waals surface area contributed by atoms with Crippen LogP contribution in [0.4, 0.5) is 0 Å². The Kier molecular flexibility index (Phi) is 5.87. The number of thioether (sulfide) groups is 1. The maximum atomic E-state index is 12.8. The molecule has 0 aliphatic carbocycles. The van der Waals surface area contributed by atoms with Crippen LogP contribution in [0.3, 0.4) is 0 Å². The number of aliphatic carboxylic acids is 1. The number of nitrogens with zero attached hydrogens (tertiary/aromatic N) is 1. The number of amides is 2. The Hall–Kier alpha value is -2.42. The highest BCUT2D eigenvalue weighted by Gasteiger charge is 2.34. The Balaban J connectivity index is 1.56. The van der Waals surface area contributed by atoms with Gasteiger partial charge >= 0.3 is 5.97 Å². The molecule has 0 radical (unpaired) electrons. The maximum Gasteiger partial charge on any atom is 0.313 e. The van der Waals surface area contributed by atoms with Crippen molar-refractivity contribution in [2.75, 3.05) is 31.4 Å². The van der Waals surface area contributed by atoms with Gasteiger partial charge in [0.2, 0.25) is 12.7 Å². The van der Waals surface area contributed by atoms with E-state index in [0.717, 1.165) is 6.42 Å². The molecule has 2 heterocycles. The minimum absolute atomic E-state index is 0.00796. The standard InChI is InChI=1S/C17H20N2O6S/c20-15(21)9-26-7-5-18-16(22)12-2-1-6-19(12)17(23)11-3-4-13-14(8-11)25-10-24-13/h3-4,8,12H,1-2,5-7,9-10H2,(H,18,22)(H,20,21). The molecule has 1 aromatic rings. The average molecular weight is 380 g/mol. The molecule has 2 aliphatic heterocycles. The van der Waals surface area contributed by atoms with Crippen molar-refractivity contribution in [3.05, 3.63) is 23.8 Å². The summed E-state index contributed by atoms with van der Waals surface area (Å²) in [6.07, 6.45) is 1.38. The molecule has 0 bridgehead atoms. The number of carbonyl (C=O) groups excluding carboxylic acids is 2. The van der Waals surface area contributed by atoms with Crippen molar-refractivity contribution < 1.29 is 29.0 Å². The second-order valence-corrected chi connectivity index (χ2v) is 7.07. The van der Waals surface area contributed by atoms with Crippen molar-refractivity contribution in [3.63, 3.8) is 0 Å². The number of hydrogen-bond donors (Lipinski definition) is 2. The van der Waals surface area contributed by atoms with Crippen molar-refractivity contribution in [1.82, 2.24) is 10.2 Å². The fraction of sp³-hybridized carbons (Fsp3) is 0.471. The highest BCUT2D eigenvalue weighted by Crippen LogP contribution is 2.33. The zero-order chi connectivity index (χ0) is 18.5. The second kappa shape index (κ2) is 8.31. The number of likely N-dealkylation sites (tertiary alicyclic amines) is 1. The van der Waals surface area contributed by atoms with Crippen LogP contribution in [0.15, 0.2) is 18.2 Å². The van der Waals surface area contributed by atoms with Gasteiger partial charge in [0.05, 0.1) is 5.75 Å². The molecule has 0 saturated carbocycles. The predicted molar refractivity (Wildman–Crippen MR) is 94.6 cm³/mol. The minimum Gasteiger partial charge on any atom is -0.481 e. The molecule has 2 aliphatic rings. The summed E-state index contributed by atoms with van der Waals surface area (Å²) in [6, 6.07) is 4.50. The monoisotopic (exact) mass is 380 g/mol. The van der Waals surface area contributed by atoms with Crippen molar-refractivity contribution in [2.24, 2.45) is 0 Å². The SMILES string of the molecule is O=C(O)CSCCNC(=O)C1CCCN1C(=O)c1ccc2c(c1)OCO2. The number of carboxylic acid groups (broad SMARTS) is 1. The first kappa shape index (κ1) is 18.4. The fourth-order valence-electron chi connectivity index (χ4n) is 3.00. The lowest BCUT2D eigenvalue weighted by Crippen LogP contribution is -2.46. The number of rotatable bonds is 7. The quantitative estimate of drug-likeness (QED) is 0.679. The Morgan fingerprint density at radius 3 is 2.88 bits per heavy atom. The van der Waals surface area contributed by atoms with Gasteiger partial charge in [-0.05, 0) is 31.0 Å². The molecule has 2 amide bonds. The van der Waals surface area contributed by atoms with Crippen molar-refractivity contribution in [2.45, 2.75) is 18.9 Å². The summed E-state index contributed by atoms with van der Waals surface area (Å²) in [5, 5.41) is 11.4. The van der Waals surface area contributed by atoms with E-state index < -0.39 is 12.0 Å². The largest absolute Gasteiger partial charge is 0.481 e. The molecular weight excluding hydrogens is 360 g/mol. The third-order valence-electron chi connectivity index (χ3n) is 4.21. The van der Waals surface area contributed by atoms with E-state index in [1.807, 2.05) is 0 Å². The van der Waals surface area contributed by atoms with Gasteiger partial charge in [-0.15, -0.1) is 11.8 Å². The molecule has 9 heteroatoms. The van der Waals surface area contributed by atoms with Crippen LogP contribution in [0.2, 0.25) is 0 Å². The van der Waals surface area contributed by atoms with Gasteiger partial charge in [0.25, 0.3) is 5.91 Å². The molecule has 1 fully saturated rings. The molecule has 0 aromatic heterocycles. The van der Waals surface area contributed by atoms with Crippen molar-refractivity contribution in [3.8, 4) is 11.5 Å². The predicted octanol–water partition coefficient (Wildman–Crippen LogP) is 0.954. The first-order valence-electron chi connectivity index (χ1n) is 8.34. The zero-order valence-corrected chi connectivity index (χ0v) is 14.9. The van der Waals surface area contributed by atoms with E-state index in [1.165, 1.54) is 11.8 Å². The smallest absolute Gasteiger partial charge is 0.313 e. The summed E-state index contributed by atoms with van der Waals surface area (Å²) < 4.78 is 10.5. The number of carbonyl (C=O) groups is 3. The van der Waals surface area contributed by atoms with Crippen LogP contribution in [0.1, 0.15) is 23.2 Å². The van der Waals surface area contributed by atoms with Gasteiger partial charge in [0.1, 0.15) is 6.04 Å². The number of benzene rings is 1. The van der Waals surface area contributed by atoms with Gasteiger partial charge in [-0.25, -0.2) is 0 Å². The Morgan fingerprint density at radius 2 is 2.08 bits per heavy atom. The van der Waals surface area contributed by atoms with Gasteiger partial charge < -0.3 is 24.8 Å². The summed E-state index contributed by atoms with van der Waals surface area (Å²) in [5.74, 6) is 0.378. The molecule has 2 N–H and O–H groups in total. The molecule has 26 heavy (non-hydrogen) atoms. The summed E-state index contributed by atoms with van der Waals surface area (Å²) >= 11 is 1.24. The van der Waals surface area contributed by atoms with Crippen LogP contribution in [0.5, 0.6) is 11.5 Å². The number of carboxylic acids is 1. The van der Waals surface area contributed by atoms with Crippen molar-refractivity contribution >= 4 is 29.5 Å². The summed E-state index contributed by atoms with van der Waals surface area (Å²) in [7, 11) is 0. The van der Waals surface area contributed by atoms with Crippen LogP contribution in [-0.2, 0) is 9.59 Å². The van der Waals surface area contributed by atoms with Crippen LogP contribution >= 0.6 is 11.8 Å². The lowest BCUT2D eigenvalue weighted by molar-refractivity contribution is -0.133. The van der Waals surface area contributed by atoms with Crippen LogP contribution in [0.25, 0.3) is 0 Å². The van der Waals surface area contributed by atoms with E-state index in [4.69, 9.17) is 14.6 Å². The minimum atomic E-state index is -0.877. The Labute approximate surface area is 154 Å². The third-order valence-corrected chi connectivity index (χ3v) is 5.15. The molecular formula is C17H20N2O6S. The summed E-state index contributed by atoms with van der Waals surface area (Å²) in [5.41, 5.74) is 0.464. The van der Waals surface area contributed by atoms with Gasteiger partial charge in [-0.1, -0.05) is 0 Å². The van der Waals surface area contributed by atoms with Gasteiger partial charge in [0.15, 0.2) is 11.5 Å². The molecule has 3 rings (SSSR count). The molecule has 1 unspecified atom stereocenters. The van der Waals surface area contributed by atoms with Gasteiger partial charge in [-0.3, -0.25) is 14.4 Å². The number of ether oxygens (including phenoxy) is 2. The maximum absolute atomic E-state index is 12.8. The Morgan fingerprint density at radius 1 is 1.27 bits per heavy atom. The van der Waals surface area contributed by atoms with E-state index >= 15 is 0 Å². The molecule has 8 nitrogen and oxygen atoms in total. The lowest BCUT2D eigenvalue weighted by atomic mass is 10.1. The molecule has 1 atom stereocenters. The molecule has 1 aromatic carbocycles. The van der Waals surface area contributed by atoms with Gasteiger partial charge in [0, 0.05) is 24.4 Å². The zero-order valence-electron chi connectivity index (χ0n) is 14.1.